The molecule has 50 heavy (non-hydrogen) atoms. The summed E-state index contributed by atoms with van der Waals surface area (Å²) in [6.07, 6.45) is 6.93. The van der Waals surface area contributed by atoms with Crippen molar-refractivity contribution in [1.82, 2.24) is 39.6 Å². The number of para-hydroxylation sites is 2. The predicted molar refractivity (Wildman–Crippen MR) is 199 cm³/mol. The lowest BCUT2D eigenvalue weighted by molar-refractivity contribution is 0.0779. The number of hydrogen-bond donors (Lipinski definition) is 0. The summed E-state index contributed by atoms with van der Waals surface area (Å²) in [6.45, 7) is 8.39. The molecule has 1 aliphatic heterocycles. The molecule has 3 heterocycles. The van der Waals surface area contributed by atoms with E-state index in [1.165, 1.54) is 29.4 Å². The SMILES string of the molecule is CCCCCn1c(N2CCCN(CCC(CN(C)C(=O)c3cc(-n4cnnn4)ccc3OC)c3ccc(Cl)c(Cl)c3)CC2)nc2ccccc21. The zero-order valence-corrected chi connectivity index (χ0v) is 30.5. The number of carbonyl (C=O) groups is 1. The van der Waals surface area contributed by atoms with Crippen LogP contribution in [0.5, 0.6) is 5.75 Å². The Balaban J connectivity index is 1.16. The van der Waals surface area contributed by atoms with Crippen molar-refractivity contribution in [3.05, 3.63) is 88.2 Å². The molecule has 5 aromatic rings. The number of likely N-dealkylation sites (N-methyl/N-ethyl adjacent to an activating group) is 1. The number of fused-ring (bicyclic) bond motifs is 1. The van der Waals surface area contributed by atoms with E-state index in [0.717, 1.165) is 75.6 Å². The molecule has 264 valence electrons. The monoisotopic (exact) mass is 717 g/mol. The Morgan fingerprint density at radius 3 is 2.62 bits per heavy atom. The van der Waals surface area contributed by atoms with Crippen LogP contribution in [-0.4, -0.2) is 98.9 Å². The fourth-order valence-electron chi connectivity index (χ4n) is 6.81. The molecule has 6 rings (SSSR count). The first kappa shape index (κ1) is 35.6. The number of carbonyl (C=O) groups excluding carboxylic acids is 1. The maximum absolute atomic E-state index is 13.9. The van der Waals surface area contributed by atoms with Gasteiger partial charge < -0.3 is 24.0 Å². The van der Waals surface area contributed by atoms with E-state index in [2.05, 4.69) is 61.1 Å². The highest BCUT2D eigenvalue weighted by atomic mass is 35.5. The van der Waals surface area contributed by atoms with E-state index < -0.39 is 0 Å². The van der Waals surface area contributed by atoms with Crippen LogP contribution >= 0.6 is 23.2 Å². The van der Waals surface area contributed by atoms with Crippen molar-refractivity contribution in [2.75, 3.05) is 58.3 Å². The molecule has 1 amide bonds. The minimum Gasteiger partial charge on any atom is -0.496 e. The van der Waals surface area contributed by atoms with Crippen molar-refractivity contribution < 1.29 is 9.53 Å². The summed E-state index contributed by atoms with van der Waals surface area (Å²) in [5.74, 6) is 1.43. The van der Waals surface area contributed by atoms with Gasteiger partial charge in [-0.3, -0.25) is 4.79 Å². The molecular formula is C37H45Cl2N9O2. The summed E-state index contributed by atoms with van der Waals surface area (Å²) in [4.78, 5) is 25.8. The van der Waals surface area contributed by atoms with Gasteiger partial charge in [-0.15, -0.1) is 5.10 Å². The largest absolute Gasteiger partial charge is 0.496 e. The van der Waals surface area contributed by atoms with Crippen molar-refractivity contribution in [2.24, 2.45) is 0 Å². The normalized spacial score (nSPS) is 14.5. The average molecular weight is 719 g/mol. The number of nitrogens with zero attached hydrogens (tertiary/aromatic N) is 9. The molecule has 2 aromatic heterocycles. The topological polar surface area (TPSA) is 97.4 Å². The summed E-state index contributed by atoms with van der Waals surface area (Å²) in [7, 11) is 3.39. The summed E-state index contributed by atoms with van der Waals surface area (Å²) >= 11 is 12.8. The van der Waals surface area contributed by atoms with Gasteiger partial charge in [0.15, 0.2) is 0 Å². The average Bonchev–Trinajstić information content (AvgIpc) is 3.74. The molecule has 0 spiro atoms. The first-order valence-electron chi connectivity index (χ1n) is 17.4. The number of aryl methyl sites for hydroxylation is 1. The number of tetrazole rings is 1. The number of aromatic nitrogens is 6. The third kappa shape index (κ3) is 8.22. The lowest BCUT2D eigenvalue weighted by atomic mass is 9.94. The third-order valence-corrected chi connectivity index (χ3v) is 10.3. The van der Waals surface area contributed by atoms with Crippen LogP contribution in [0.1, 0.15) is 60.9 Å². The maximum atomic E-state index is 13.9. The smallest absolute Gasteiger partial charge is 0.257 e. The molecule has 1 atom stereocenters. The minimum absolute atomic E-state index is 0.0227. The van der Waals surface area contributed by atoms with Crippen molar-refractivity contribution in [3.63, 3.8) is 0 Å². The first-order chi connectivity index (χ1) is 24.4. The number of unbranched alkanes of at least 4 members (excludes halogenated alkanes) is 2. The Morgan fingerprint density at radius 1 is 0.980 bits per heavy atom. The van der Waals surface area contributed by atoms with Gasteiger partial charge in [0.2, 0.25) is 5.95 Å². The van der Waals surface area contributed by atoms with E-state index >= 15 is 0 Å². The van der Waals surface area contributed by atoms with Crippen LogP contribution in [0.25, 0.3) is 16.7 Å². The molecule has 0 radical (unpaired) electrons. The van der Waals surface area contributed by atoms with Gasteiger partial charge in [0.1, 0.15) is 12.1 Å². The Morgan fingerprint density at radius 2 is 1.84 bits per heavy atom. The summed E-state index contributed by atoms with van der Waals surface area (Å²) < 4.78 is 9.51. The highest BCUT2D eigenvalue weighted by molar-refractivity contribution is 6.42. The second kappa shape index (κ2) is 16.7. The summed E-state index contributed by atoms with van der Waals surface area (Å²) in [5.41, 5.74) is 4.42. The Labute approximate surface area is 303 Å². The molecule has 1 saturated heterocycles. The standard InChI is InChI=1S/C37H45Cl2N9O2/c1-4-5-8-19-47-34-11-7-6-10-33(34)41-37(47)46-18-9-17-45(21-22-46)20-16-28(27-12-14-31(38)32(39)23-27)25-44(2)36(49)30-24-29(13-15-35(30)50-3)48-26-40-42-43-48/h6-7,10-15,23-24,26,28H,4-5,8-9,16-22,25H2,1-3H3. The molecule has 3 aromatic carbocycles. The van der Waals surface area contributed by atoms with E-state index in [9.17, 15) is 4.79 Å². The van der Waals surface area contributed by atoms with Crippen LogP contribution in [0.2, 0.25) is 10.0 Å². The number of rotatable bonds is 14. The van der Waals surface area contributed by atoms with Gasteiger partial charge in [0.25, 0.3) is 5.91 Å². The lowest BCUT2D eigenvalue weighted by Crippen LogP contribution is -2.35. The fraction of sp³-hybridized carbons (Fsp3) is 0.432. The van der Waals surface area contributed by atoms with Crippen LogP contribution in [-0.2, 0) is 6.54 Å². The van der Waals surface area contributed by atoms with Gasteiger partial charge in [0.05, 0.1) is 39.4 Å². The van der Waals surface area contributed by atoms with Crippen molar-refractivity contribution in [2.45, 2.75) is 51.5 Å². The highest BCUT2D eigenvalue weighted by Gasteiger charge is 2.25. The van der Waals surface area contributed by atoms with Crippen LogP contribution in [0.4, 0.5) is 5.95 Å². The zero-order valence-electron chi connectivity index (χ0n) is 29.0. The van der Waals surface area contributed by atoms with E-state index in [1.54, 1.807) is 24.1 Å². The van der Waals surface area contributed by atoms with Gasteiger partial charge in [-0.1, -0.05) is 61.2 Å². The van der Waals surface area contributed by atoms with Crippen LogP contribution in [0.15, 0.2) is 67.0 Å². The predicted octanol–water partition coefficient (Wildman–Crippen LogP) is 6.98. The fourth-order valence-corrected chi connectivity index (χ4v) is 7.12. The Bertz CT molecular complexity index is 1880. The number of halogens is 2. The van der Waals surface area contributed by atoms with Gasteiger partial charge in [-0.25, -0.2) is 9.67 Å². The third-order valence-electron chi connectivity index (χ3n) is 9.57. The van der Waals surface area contributed by atoms with Crippen molar-refractivity contribution in [3.8, 4) is 11.4 Å². The van der Waals surface area contributed by atoms with E-state index in [4.69, 9.17) is 32.9 Å². The molecule has 11 nitrogen and oxygen atoms in total. The number of benzene rings is 3. The second-order valence-electron chi connectivity index (χ2n) is 12.9. The van der Waals surface area contributed by atoms with Gasteiger partial charge in [0, 0.05) is 45.7 Å². The number of amides is 1. The van der Waals surface area contributed by atoms with Crippen LogP contribution in [0, 0.1) is 0 Å². The van der Waals surface area contributed by atoms with E-state index in [-0.39, 0.29) is 11.8 Å². The molecule has 0 bridgehead atoms. The quantitative estimate of drug-likeness (QED) is 0.114. The zero-order chi connectivity index (χ0) is 35.0. The van der Waals surface area contributed by atoms with Crippen molar-refractivity contribution in [1.29, 1.82) is 0 Å². The maximum Gasteiger partial charge on any atom is 0.257 e. The Kier molecular flexibility index (Phi) is 11.9. The number of methoxy groups -OCH3 is 1. The van der Waals surface area contributed by atoms with Gasteiger partial charge in [-0.2, -0.15) is 0 Å². The molecule has 1 unspecified atom stereocenters. The summed E-state index contributed by atoms with van der Waals surface area (Å²) in [5, 5.41) is 12.4. The van der Waals surface area contributed by atoms with Crippen LogP contribution in [0.3, 0.4) is 0 Å². The molecule has 13 heteroatoms. The van der Waals surface area contributed by atoms with Crippen molar-refractivity contribution >= 4 is 46.1 Å². The summed E-state index contributed by atoms with van der Waals surface area (Å²) in [6, 6.07) is 19.6. The van der Waals surface area contributed by atoms with E-state index in [1.807, 2.05) is 31.3 Å². The number of imidazole rings is 1. The lowest BCUT2D eigenvalue weighted by Gasteiger charge is -2.28. The van der Waals surface area contributed by atoms with Crippen LogP contribution < -0.4 is 9.64 Å². The van der Waals surface area contributed by atoms with E-state index in [0.29, 0.717) is 33.6 Å². The molecule has 0 N–H and O–H groups in total. The number of ether oxygens (including phenoxy) is 1. The molecule has 1 aliphatic rings. The Hall–Kier alpha value is -4.19. The van der Waals surface area contributed by atoms with Gasteiger partial charge in [-0.05, 0) is 90.8 Å². The molecule has 0 saturated carbocycles. The minimum atomic E-state index is -0.158. The second-order valence-corrected chi connectivity index (χ2v) is 13.7. The molecule has 1 fully saturated rings. The number of anilines is 1. The van der Waals surface area contributed by atoms with Gasteiger partial charge >= 0.3 is 0 Å². The number of hydrogen-bond acceptors (Lipinski definition) is 8. The molecular weight excluding hydrogens is 673 g/mol. The first-order valence-corrected chi connectivity index (χ1v) is 18.2. The highest BCUT2D eigenvalue weighted by Crippen LogP contribution is 2.31. The molecule has 0 aliphatic carbocycles.